The number of halogens is 1. The molecule has 0 heterocycles. The van der Waals surface area contributed by atoms with E-state index in [9.17, 15) is 0 Å². The van der Waals surface area contributed by atoms with E-state index in [1.807, 2.05) is 0 Å². The summed E-state index contributed by atoms with van der Waals surface area (Å²) in [6.45, 7) is 0.969. The van der Waals surface area contributed by atoms with Crippen molar-refractivity contribution in [1.82, 2.24) is 5.32 Å². The zero-order valence-electron chi connectivity index (χ0n) is 10.2. The van der Waals surface area contributed by atoms with Crippen molar-refractivity contribution in [3.05, 3.63) is 58.6 Å². The van der Waals surface area contributed by atoms with Crippen LogP contribution in [0, 0.1) is 0 Å². The second kappa shape index (κ2) is 5.25. The first kappa shape index (κ1) is 11.9. The molecule has 1 saturated carbocycles. The van der Waals surface area contributed by atoms with Gasteiger partial charge in [0.1, 0.15) is 0 Å². The molecule has 0 saturated heterocycles. The lowest BCUT2D eigenvalue weighted by Crippen LogP contribution is -2.15. The van der Waals surface area contributed by atoms with Gasteiger partial charge in [0.2, 0.25) is 0 Å². The maximum atomic E-state index is 3.59. The molecule has 0 radical (unpaired) electrons. The van der Waals surface area contributed by atoms with E-state index < -0.39 is 0 Å². The third-order valence-corrected chi connectivity index (χ3v) is 3.86. The van der Waals surface area contributed by atoms with Gasteiger partial charge in [-0.1, -0.05) is 52.3 Å². The molecule has 1 aliphatic rings. The van der Waals surface area contributed by atoms with Gasteiger partial charge in [0, 0.05) is 17.1 Å². The van der Waals surface area contributed by atoms with Gasteiger partial charge in [-0.2, -0.15) is 0 Å². The van der Waals surface area contributed by atoms with Crippen LogP contribution in [0.1, 0.15) is 18.4 Å². The molecule has 0 aliphatic heterocycles. The molecule has 92 valence electrons. The molecule has 0 bridgehead atoms. The second-order valence-corrected chi connectivity index (χ2v) is 5.73. The summed E-state index contributed by atoms with van der Waals surface area (Å²) in [5.41, 5.74) is 4.00. The van der Waals surface area contributed by atoms with Gasteiger partial charge < -0.3 is 5.32 Å². The van der Waals surface area contributed by atoms with Crippen molar-refractivity contribution < 1.29 is 0 Å². The molecular weight excluding hydrogens is 286 g/mol. The molecule has 0 spiro atoms. The van der Waals surface area contributed by atoms with Gasteiger partial charge in [-0.05, 0) is 41.7 Å². The lowest BCUT2D eigenvalue weighted by molar-refractivity contribution is 0.689. The molecule has 1 aliphatic carbocycles. The molecule has 1 N–H and O–H groups in total. The van der Waals surface area contributed by atoms with E-state index in [1.165, 1.54) is 29.5 Å². The van der Waals surface area contributed by atoms with Crippen LogP contribution in [-0.4, -0.2) is 6.04 Å². The van der Waals surface area contributed by atoms with Crippen LogP contribution < -0.4 is 5.32 Å². The van der Waals surface area contributed by atoms with E-state index in [-0.39, 0.29) is 0 Å². The lowest BCUT2D eigenvalue weighted by Gasteiger charge is -2.10. The smallest absolute Gasteiger partial charge is 0.0214 e. The molecule has 0 unspecified atom stereocenters. The van der Waals surface area contributed by atoms with Gasteiger partial charge in [-0.3, -0.25) is 0 Å². The molecule has 2 aromatic rings. The normalized spacial score (nSPS) is 14.7. The van der Waals surface area contributed by atoms with Crippen LogP contribution in [0.15, 0.2) is 53.0 Å². The van der Waals surface area contributed by atoms with E-state index in [0.29, 0.717) is 0 Å². The molecule has 2 aromatic carbocycles. The third kappa shape index (κ3) is 2.82. The first-order valence-corrected chi connectivity index (χ1v) is 7.19. The minimum absolute atomic E-state index is 0.753. The topological polar surface area (TPSA) is 12.0 Å². The largest absolute Gasteiger partial charge is 0.310 e. The SMILES string of the molecule is Brc1ccc(-c2ccccc2CNC2CC2)cc1. The monoisotopic (exact) mass is 301 g/mol. The Labute approximate surface area is 116 Å². The van der Waals surface area contributed by atoms with Crippen LogP contribution in [0.3, 0.4) is 0 Å². The Hall–Kier alpha value is -1.12. The molecule has 18 heavy (non-hydrogen) atoms. The van der Waals surface area contributed by atoms with Crippen LogP contribution in [0.25, 0.3) is 11.1 Å². The fourth-order valence-electron chi connectivity index (χ4n) is 2.13. The van der Waals surface area contributed by atoms with Crippen molar-refractivity contribution in [3.63, 3.8) is 0 Å². The Morgan fingerprint density at radius 3 is 2.44 bits per heavy atom. The lowest BCUT2D eigenvalue weighted by atomic mass is 10.00. The maximum absolute atomic E-state index is 3.59. The molecule has 1 fully saturated rings. The van der Waals surface area contributed by atoms with Crippen LogP contribution in [0.5, 0.6) is 0 Å². The highest BCUT2D eigenvalue weighted by molar-refractivity contribution is 9.10. The summed E-state index contributed by atoms with van der Waals surface area (Å²) in [5, 5.41) is 3.59. The molecule has 0 atom stereocenters. The van der Waals surface area contributed by atoms with E-state index in [4.69, 9.17) is 0 Å². The Balaban J connectivity index is 1.87. The second-order valence-electron chi connectivity index (χ2n) is 4.82. The van der Waals surface area contributed by atoms with Crippen molar-refractivity contribution in [2.45, 2.75) is 25.4 Å². The molecule has 0 aromatic heterocycles. The number of rotatable bonds is 4. The minimum atomic E-state index is 0.753. The van der Waals surface area contributed by atoms with E-state index in [0.717, 1.165) is 17.1 Å². The van der Waals surface area contributed by atoms with Crippen LogP contribution >= 0.6 is 15.9 Å². The van der Waals surface area contributed by atoms with Crippen molar-refractivity contribution >= 4 is 15.9 Å². The highest BCUT2D eigenvalue weighted by Crippen LogP contribution is 2.26. The fourth-order valence-corrected chi connectivity index (χ4v) is 2.39. The first-order chi connectivity index (χ1) is 8.83. The molecule has 2 heteroatoms. The van der Waals surface area contributed by atoms with Crippen molar-refractivity contribution in [2.75, 3.05) is 0 Å². The number of hydrogen-bond acceptors (Lipinski definition) is 1. The minimum Gasteiger partial charge on any atom is -0.310 e. The molecular formula is C16H16BrN. The summed E-state index contributed by atoms with van der Waals surface area (Å²) in [6, 6.07) is 17.9. The zero-order valence-corrected chi connectivity index (χ0v) is 11.8. The number of nitrogens with one attached hydrogen (secondary N) is 1. The fraction of sp³-hybridized carbons (Fsp3) is 0.250. The molecule has 3 rings (SSSR count). The van der Waals surface area contributed by atoms with Crippen molar-refractivity contribution in [3.8, 4) is 11.1 Å². The predicted molar refractivity (Wildman–Crippen MR) is 79.4 cm³/mol. The standard InChI is InChI=1S/C16H16BrN/c17-14-7-5-12(6-8-14)16-4-2-1-3-13(16)11-18-15-9-10-15/h1-8,15,18H,9-11H2. The summed E-state index contributed by atoms with van der Waals surface area (Å²) in [7, 11) is 0. The van der Waals surface area contributed by atoms with Gasteiger partial charge in [0.15, 0.2) is 0 Å². The van der Waals surface area contributed by atoms with Gasteiger partial charge in [-0.15, -0.1) is 0 Å². The number of hydrogen-bond donors (Lipinski definition) is 1. The van der Waals surface area contributed by atoms with Crippen LogP contribution in [0.4, 0.5) is 0 Å². The van der Waals surface area contributed by atoms with Crippen molar-refractivity contribution in [1.29, 1.82) is 0 Å². The van der Waals surface area contributed by atoms with Gasteiger partial charge in [0.05, 0.1) is 0 Å². The summed E-state index contributed by atoms with van der Waals surface area (Å²) < 4.78 is 1.12. The summed E-state index contributed by atoms with van der Waals surface area (Å²) >= 11 is 3.48. The van der Waals surface area contributed by atoms with Crippen LogP contribution in [0.2, 0.25) is 0 Å². The Morgan fingerprint density at radius 2 is 1.72 bits per heavy atom. The zero-order chi connectivity index (χ0) is 12.4. The van der Waals surface area contributed by atoms with E-state index in [1.54, 1.807) is 0 Å². The molecule has 0 amide bonds. The number of benzene rings is 2. The average Bonchev–Trinajstić information content (AvgIpc) is 3.22. The van der Waals surface area contributed by atoms with Gasteiger partial charge in [-0.25, -0.2) is 0 Å². The Kier molecular flexibility index (Phi) is 3.48. The third-order valence-electron chi connectivity index (χ3n) is 3.33. The molecule has 1 nitrogen and oxygen atoms in total. The van der Waals surface area contributed by atoms with Crippen LogP contribution in [-0.2, 0) is 6.54 Å². The maximum Gasteiger partial charge on any atom is 0.0214 e. The summed E-state index contributed by atoms with van der Waals surface area (Å²) in [5.74, 6) is 0. The average molecular weight is 302 g/mol. The predicted octanol–water partition coefficient (Wildman–Crippen LogP) is 4.37. The summed E-state index contributed by atoms with van der Waals surface area (Å²) in [6.07, 6.45) is 2.67. The van der Waals surface area contributed by atoms with E-state index >= 15 is 0 Å². The Morgan fingerprint density at radius 1 is 1.00 bits per heavy atom. The summed E-state index contributed by atoms with van der Waals surface area (Å²) in [4.78, 5) is 0. The first-order valence-electron chi connectivity index (χ1n) is 6.40. The van der Waals surface area contributed by atoms with Crippen molar-refractivity contribution in [2.24, 2.45) is 0 Å². The van der Waals surface area contributed by atoms with Gasteiger partial charge in [0.25, 0.3) is 0 Å². The van der Waals surface area contributed by atoms with Gasteiger partial charge >= 0.3 is 0 Å². The highest BCUT2D eigenvalue weighted by Gasteiger charge is 2.20. The Bertz CT molecular complexity index is 529. The quantitative estimate of drug-likeness (QED) is 0.884. The highest BCUT2D eigenvalue weighted by atomic mass is 79.9. The van der Waals surface area contributed by atoms with E-state index in [2.05, 4.69) is 69.8 Å².